The molecule has 2 atom stereocenters. The number of phenolic OH excluding ortho intramolecular Hbond substituents is 2. The zero-order chi connectivity index (χ0) is 26.0. The van der Waals surface area contributed by atoms with Gasteiger partial charge in [0.1, 0.15) is 18.1 Å². The molecular formula is C29H30ClN3O4. The van der Waals surface area contributed by atoms with E-state index in [1.54, 1.807) is 12.1 Å². The summed E-state index contributed by atoms with van der Waals surface area (Å²) < 4.78 is 5.40. The van der Waals surface area contributed by atoms with Gasteiger partial charge in [0.05, 0.1) is 6.04 Å². The van der Waals surface area contributed by atoms with Crippen LogP contribution in [0, 0.1) is 0 Å². The Morgan fingerprint density at radius 3 is 2.62 bits per heavy atom. The fourth-order valence-corrected chi connectivity index (χ4v) is 5.88. The minimum atomic E-state index is -0.465. The van der Waals surface area contributed by atoms with Crippen LogP contribution in [0.15, 0.2) is 78.9 Å². The Morgan fingerprint density at radius 1 is 1.11 bits per heavy atom. The monoisotopic (exact) mass is 519 g/mol. The highest BCUT2D eigenvalue weighted by Gasteiger charge is 2.53. The molecule has 0 aromatic heterocycles. The normalized spacial score (nSPS) is 20.3. The molecule has 7 nitrogen and oxygen atoms in total. The summed E-state index contributed by atoms with van der Waals surface area (Å²) in [7, 11) is 0. The molecule has 0 spiro atoms. The highest BCUT2D eigenvalue weighted by Crippen LogP contribution is 2.53. The summed E-state index contributed by atoms with van der Waals surface area (Å²) in [6.45, 7) is 6.89. The second-order valence-electron chi connectivity index (χ2n) is 9.61. The number of halogens is 1. The maximum Gasteiger partial charge on any atom is 0.407 e. The maximum atomic E-state index is 12.5. The first kappa shape index (κ1) is 25.0. The summed E-state index contributed by atoms with van der Waals surface area (Å²) in [5.41, 5.74) is 4.38. The van der Waals surface area contributed by atoms with Crippen LogP contribution in [0.1, 0.15) is 23.1 Å². The van der Waals surface area contributed by atoms with Crippen molar-refractivity contribution in [2.24, 2.45) is 0 Å². The van der Waals surface area contributed by atoms with Crippen molar-refractivity contribution in [1.82, 2.24) is 10.6 Å². The zero-order valence-electron chi connectivity index (χ0n) is 20.4. The van der Waals surface area contributed by atoms with Crippen molar-refractivity contribution in [3.8, 4) is 11.5 Å². The number of piperidine rings is 1. The number of anilines is 1. The number of hydrogen-bond acceptors (Lipinski definition) is 6. The Bertz CT molecular complexity index is 1300. The number of rotatable bonds is 7. The highest BCUT2D eigenvalue weighted by atomic mass is 35.5. The van der Waals surface area contributed by atoms with Crippen LogP contribution >= 0.6 is 11.6 Å². The summed E-state index contributed by atoms with van der Waals surface area (Å²) in [6.07, 6.45) is 0.154. The Balaban J connectivity index is 1.38. The topological polar surface area (TPSA) is 94.1 Å². The molecule has 37 heavy (non-hydrogen) atoms. The summed E-state index contributed by atoms with van der Waals surface area (Å²) in [6, 6.07) is 20.1. The quantitative estimate of drug-likeness (QED) is 0.333. The van der Waals surface area contributed by atoms with Crippen molar-refractivity contribution >= 4 is 23.4 Å². The first-order chi connectivity index (χ1) is 17.9. The van der Waals surface area contributed by atoms with Gasteiger partial charge in [-0.1, -0.05) is 54.1 Å². The van der Waals surface area contributed by atoms with Crippen LogP contribution in [-0.4, -0.2) is 42.0 Å². The number of aromatic hydroxyl groups is 2. The lowest BCUT2D eigenvalue weighted by Gasteiger charge is -2.45. The van der Waals surface area contributed by atoms with E-state index in [0.29, 0.717) is 37.6 Å². The molecule has 5 rings (SSSR count). The summed E-state index contributed by atoms with van der Waals surface area (Å²) >= 11 is 6.48. The molecule has 1 fully saturated rings. The van der Waals surface area contributed by atoms with E-state index in [0.717, 1.165) is 28.0 Å². The number of alkyl carbamates (subject to hydrolysis) is 1. The predicted molar refractivity (Wildman–Crippen MR) is 144 cm³/mol. The number of phenols is 2. The highest BCUT2D eigenvalue weighted by molar-refractivity contribution is 6.30. The zero-order valence-corrected chi connectivity index (χ0v) is 21.2. The molecule has 0 unspecified atom stereocenters. The minimum absolute atomic E-state index is 0.00570. The van der Waals surface area contributed by atoms with Crippen molar-refractivity contribution in [2.45, 2.75) is 31.0 Å². The van der Waals surface area contributed by atoms with E-state index in [1.807, 2.05) is 48.5 Å². The van der Waals surface area contributed by atoms with Crippen LogP contribution in [0.5, 0.6) is 11.5 Å². The van der Waals surface area contributed by atoms with Gasteiger partial charge in [-0.15, -0.1) is 0 Å². The first-order valence-electron chi connectivity index (χ1n) is 12.3. The maximum absolute atomic E-state index is 12.5. The number of carbonyl (C=O) groups is 1. The van der Waals surface area contributed by atoms with Crippen LogP contribution in [0.3, 0.4) is 0 Å². The average Bonchev–Trinajstić information content (AvgIpc) is 3.13. The van der Waals surface area contributed by atoms with E-state index < -0.39 is 11.5 Å². The molecule has 0 radical (unpaired) electrons. The van der Waals surface area contributed by atoms with Gasteiger partial charge in [-0.05, 0) is 53.4 Å². The molecule has 4 N–H and O–H groups in total. The van der Waals surface area contributed by atoms with Crippen LogP contribution in [-0.2, 0) is 23.3 Å². The largest absolute Gasteiger partial charge is 0.508 e. The molecule has 1 amide bonds. The van der Waals surface area contributed by atoms with Gasteiger partial charge in [0.25, 0.3) is 0 Å². The standard InChI is InChI=1S/C29H30ClN3O4/c1-19-15-31-16-27-29(19,9-10-32-28(36)37-18-20-5-3-2-4-6-20)25-13-22(30)7-8-26(25)33(27)17-21-11-23(34)14-24(35)12-21/h2-8,11-14,27,31,34-35H,1,9-10,15-18H2,(H,32,36)/t27-,29-/m0/s1. The van der Waals surface area contributed by atoms with Crippen molar-refractivity contribution in [3.05, 3.63) is 101 Å². The molecule has 0 saturated carbocycles. The van der Waals surface area contributed by atoms with Crippen molar-refractivity contribution in [3.63, 3.8) is 0 Å². The lowest BCUT2D eigenvalue weighted by atomic mass is 9.67. The Labute approximate surface area is 221 Å². The van der Waals surface area contributed by atoms with Crippen LogP contribution in [0.25, 0.3) is 0 Å². The summed E-state index contributed by atoms with van der Waals surface area (Å²) in [5.74, 6) is 0.0300. The van der Waals surface area contributed by atoms with Crippen LogP contribution in [0.2, 0.25) is 5.02 Å². The van der Waals surface area contributed by atoms with E-state index in [9.17, 15) is 15.0 Å². The molecule has 1 saturated heterocycles. The third-order valence-electron chi connectivity index (χ3n) is 7.32. The van der Waals surface area contributed by atoms with Gasteiger partial charge in [0, 0.05) is 48.4 Å². The van der Waals surface area contributed by atoms with Gasteiger partial charge in [0.2, 0.25) is 0 Å². The van der Waals surface area contributed by atoms with Crippen LogP contribution in [0.4, 0.5) is 10.5 Å². The van der Waals surface area contributed by atoms with E-state index in [2.05, 4.69) is 22.1 Å². The van der Waals surface area contributed by atoms with E-state index in [-0.39, 0.29) is 24.1 Å². The van der Waals surface area contributed by atoms with Crippen molar-refractivity contribution < 1.29 is 19.7 Å². The minimum Gasteiger partial charge on any atom is -0.508 e. The molecule has 3 aromatic carbocycles. The number of nitrogens with zero attached hydrogens (tertiary/aromatic N) is 1. The smallest absolute Gasteiger partial charge is 0.407 e. The van der Waals surface area contributed by atoms with E-state index in [4.69, 9.17) is 16.3 Å². The molecule has 2 aliphatic rings. The predicted octanol–water partition coefficient (Wildman–Crippen LogP) is 4.85. The van der Waals surface area contributed by atoms with Gasteiger partial charge in [-0.2, -0.15) is 0 Å². The SMILES string of the molecule is C=C1CNC[C@@H]2N(Cc3cc(O)cc(O)c3)c3ccc(Cl)cc3[C@]12CCNC(=O)OCc1ccccc1. The molecule has 2 aliphatic heterocycles. The van der Waals surface area contributed by atoms with Gasteiger partial charge < -0.3 is 30.5 Å². The number of amides is 1. The lowest BCUT2D eigenvalue weighted by molar-refractivity contribution is 0.138. The Morgan fingerprint density at radius 2 is 1.86 bits per heavy atom. The molecule has 0 aliphatic carbocycles. The third kappa shape index (κ3) is 4.97. The molecular weight excluding hydrogens is 490 g/mol. The Hall–Kier alpha value is -3.68. The van der Waals surface area contributed by atoms with Gasteiger partial charge in [-0.3, -0.25) is 0 Å². The second-order valence-corrected chi connectivity index (χ2v) is 10.0. The fourth-order valence-electron chi connectivity index (χ4n) is 5.71. The number of hydrogen-bond donors (Lipinski definition) is 4. The van der Waals surface area contributed by atoms with Gasteiger partial charge >= 0.3 is 6.09 Å². The number of carbonyl (C=O) groups excluding carboxylic acids is 1. The molecule has 0 bridgehead atoms. The number of fused-ring (bicyclic) bond motifs is 3. The second kappa shape index (κ2) is 10.4. The number of ether oxygens (including phenoxy) is 1. The molecule has 3 aromatic rings. The molecule has 8 heteroatoms. The van der Waals surface area contributed by atoms with Crippen LogP contribution < -0.4 is 15.5 Å². The molecule has 2 heterocycles. The average molecular weight is 520 g/mol. The third-order valence-corrected chi connectivity index (χ3v) is 7.55. The van der Waals surface area contributed by atoms with E-state index >= 15 is 0 Å². The van der Waals surface area contributed by atoms with Gasteiger partial charge in [0.15, 0.2) is 0 Å². The number of benzene rings is 3. The Kier molecular flexibility index (Phi) is 7.00. The first-order valence-corrected chi connectivity index (χ1v) is 12.7. The fraction of sp³-hybridized carbons (Fsp3) is 0.276. The summed E-state index contributed by atoms with van der Waals surface area (Å²) in [4.78, 5) is 14.7. The molecule has 192 valence electrons. The lowest BCUT2D eigenvalue weighted by Crippen LogP contribution is -2.57. The summed E-state index contributed by atoms with van der Waals surface area (Å²) in [5, 5.41) is 27.1. The van der Waals surface area contributed by atoms with Crippen molar-refractivity contribution in [1.29, 1.82) is 0 Å². The number of nitrogens with one attached hydrogen (secondary N) is 2. The van der Waals surface area contributed by atoms with Crippen molar-refractivity contribution in [2.75, 3.05) is 24.5 Å². The van der Waals surface area contributed by atoms with E-state index in [1.165, 1.54) is 6.07 Å². The van der Waals surface area contributed by atoms with Gasteiger partial charge in [-0.25, -0.2) is 4.79 Å².